The van der Waals surface area contributed by atoms with Gasteiger partial charge in [-0.05, 0) is 72.1 Å². The van der Waals surface area contributed by atoms with Crippen LogP contribution in [0, 0.1) is 0 Å². The maximum atomic E-state index is 13.8. The van der Waals surface area contributed by atoms with E-state index in [0.29, 0.717) is 29.1 Å². The van der Waals surface area contributed by atoms with E-state index in [1.165, 1.54) is 23.8 Å². The molecule has 0 radical (unpaired) electrons. The lowest BCUT2D eigenvalue weighted by Crippen LogP contribution is -2.22. The van der Waals surface area contributed by atoms with Crippen LogP contribution in [0.4, 0.5) is 0 Å². The second-order valence-corrected chi connectivity index (χ2v) is 9.81. The van der Waals surface area contributed by atoms with Gasteiger partial charge in [-0.3, -0.25) is 4.79 Å². The van der Waals surface area contributed by atoms with Crippen molar-refractivity contribution in [2.45, 2.75) is 60.0 Å². The molecule has 36 heavy (non-hydrogen) atoms. The second-order valence-electron chi connectivity index (χ2n) is 9.81. The molecule has 2 heterocycles. The number of hydrogen-bond donors (Lipinski definition) is 3. The zero-order chi connectivity index (χ0) is 26.1. The highest BCUT2D eigenvalue weighted by Crippen LogP contribution is 2.46. The second kappa shape index (κ2) is 9.97. The Morgan fingerprint density at radius 3 is 2.42 bits per heavy atom. The molecule has 2 aromatic carbocycles. The molecule has 3 aromatic rings. The molecule has 6 nitrogen and oxygen atoms in total. The summed E-state index contributed by atoms with van der Waals surface area (Å²) in [5, 5.41) is 31.4. The molecule has 1 aliphatic heterocycles. The van der Waals surface area contributed by atoms with Crippen LogP contribution < -0.4 is 10.2 Å². The van der Waals surface area contributed by atoms with Gasteiger partial charge in [0.05, 0.1) is 11.1 Å². The molecule has 0 aliphatic carbocycles. The number of allylic oxidation sites excluding steroid dienone is 5. The lowest BCUT2D eigenvalue weighted by Gasteiger charge is -2.26. The van der Waals surface area contributed by atoms with Crippen LogP contribution in [-0.4, -0.2) is 15.3 Å². The van der Waals surface area contributed by atoms with Crippen LogP contribution in [0.1, 0.15) is 64.7 Å². The summed E-state index contributed by atoms with van der Waals surface area (Å²) >= 11 is 0. The van der Waals surface area contributed by atoms with Gasteiger partial charge in [0.1, 0.15) is 45.8 Å². The third kappa shape index (κ3) is 4.89. The average Bonchev–Trinajstić information content (AvgIpc) is 2.77. The first-order chi connectivity index (χ1) is 17.1. The van der Waals surface area contributed by atoms with E-state index in [1.54, 1.807) is 12.1 Å². The maximum Gasteiger partial charge on any atom is 0.204 e. The fourth-order valence-corrected chi connectivity index (χ4v) is 4.43. The average molecular weight is 489 g/mol. The molecule has 1 atom stereocenters. The Bertz CT molecular complexity index is 1480. The van der Waals surface area contributed by atoms with Crippen molar-refractivity contribution in [3.63, 3.8) is 0 Å². The molecule has 3 N–H and O–H groups in total. The molecule has 1 aromatic heterocycles. The quantitative estimate of drug-likeness (QED) is 0.317. The van der Waals surface area contributed by atoms with E-state index in [-0.39, 0.29) is 33.8 Å². The molecule has 1 aliphatic rings. The summed E-state index contributed by atoms with van der Waals surface area (Å²) in [6.45, 7) is 9.94. The minimum Gasteiger partial charge on any atom is -0.508 e. The number of phenols is 3. The number of fused-ring (bicyclic) bond motifs is 4. The predicted octanol–water partition coefficient (Wildman–Crippen LogP) is 7.21. The van der Waals surface area contributed by atoms with E-state index in [1.807, 2.05) is 26.8 Å². The van der Waals surface area contributed by atoms with E-state index < -0.39 is 11.5 Å². The van der Waals surface area contributed by atoms with Gasteiger partial charge in [0.15, 0.2) is 0 Å². The van der Waals surface area contributed by atoms with Crippen molar-refractivity contribution < 1.29 is 24.5 Å². The van der Waals surface area contributed by atoms with Crippen LogP contribution in [0.2, 0.25) is 0 Å². The first-order valence-corrected chi connectivity index (χ1v) is 12.1. The highest BCUT2D eigenvalue weighted by Gasteiger charge is 2.33. The summed E-state index contributed by atoms with van der Waals surface area (Å²) in [4.78, 5) is 13.8. The lowest BCUT2D eigenvalue weighted by atomic mass is 9.94. The third-order valence-corrected chi connectivity index (χ3v) is 6.24. The van der Waals surface area contributed by atoms with E-state index in [4.69, 9.17) is 9.15 Å². The topological polar surface area (TPSA) is 100 Å². The summed E-state index contributed by atoms with van der Waals surface area (Å²) in [6, 6.07) is 5.80. The van der Waals surface area contributed by atoms with Crippen molar-refractivity contribution in [3.05, 3.63) is 80.6 Å². The lowest BCUT2D eigenvalue weighted by molar-refractivity contribution is 0.243. The Morgan fingerprint density at radius 2 is 1.72 bits per heavy atom. The van der Waals surface area contributed by atoms with Crippen LogP contribution >= 0.6 is 0 Å². The number of rotatable bonds is 6. The van der Waals surface area contributed by atoms with E-state index >= 15 is 0 Å². The monoisotopic (exact) mass is 488 g/mol. The molecule has 1 unspecified atom stereocenters. The highest BCUT2D eigenvalue weighted by atomic mass is 16.5. The van der Waals surface area contributed by atoms with Crippen molar-refractivity contribution in [1.29, 1.82) is 0 Å². The molecule has 0 amide bonds. The van der Waals surface area contributed by atoms with Crippen molar-refractivity contribution >= 4 is 11.0 Å². The number of aromatic hydroxyl groups is 3. The van der Waals surface area contributed by atoms with Crippen LogP contribution in [0.25, 0.3) is 22.3 Å². The largest absolute Gasteiger partial charge is 0.508 e. The van der Waals surface area contributed by atoms with E-state index in [2.05, 4.69) is 19.9 Å². The van der Waals surface area contributed by atoms with Gasteiger partial charge in [0.25, 0.3) is 0 Å². The molecule has 0 saturated heterocycles. The first kappa shape index (κ1) is 25.2. The Morgan fingerprint density at radius 1 is 0.972 bits per heavy atom. The maximum absolute atomic E-state index is 13.8. The zero-order valence-electron chi connectivity index (χ0n) is 21.3. The van der Waals surface area contributed by atoms with Crippen LogP contribution in [-0.2, 0) is 6.42 Å². The first-order valence-electron chi connectivity index (χ1n) is 12.1. The Labute approximate surface area is 210 Å². The minimum atomic E-state index is -0.756. The fraction of sp³-hybridized carbons (Fsp3) is 0.300. The van der Waals surface area contributed by atoms with Crippen molar-refractivity contribution in [1.82, 2.24) is 0 Å². The van der Waals surface area contributed by atoms with Gasteiger partial charge in [-0.15, -0.1) is 0 Å². The Hall–Kier alpha value is -3.93. The summed E-state index contributed by atoms with van der Waals surface area (Å²) < 4.78 is 12.4. The van der Waals surface area contributed by atoms with Gasteiger partial charge in [0, 0.05) is 17.7 Å². The smallest absolute Gasteiger partial charge is 0.204 e. The van der Waals surface area contributed by atoms with Crippen molar-refractivity contribution in [2.75, 3.05) is 0 Å². The molecule has 0 spiro atoms. The number of benzene rings is 2. The molecule has 6 heteroatoms. The third-order valence-electron chi connectivity index (χ3n) is 6.24. The standard InChI is InChI=1S/C30H32O6/c1-16(2)7-6-8-18(5)9-11-20-22(32)15-23(33)26-28(34)27-25(13-17(3)4)35-24-14-19(31)10-12-21(24)30(27)36-29(20)26/h7,9-10,12-15,25,31-33H,6,8,11H2,1-5H3/b18-9-. The van der Waals surface area contributed by atoms with Gasteiger partial charge < -0.3 is 24.5 Å². The number of phenolic OH excluding ortho intramolecular Hbond substituents is 3. The molecule has 4 rings (SSSR count). The van der Waals surface area contributed by atoms with Crippen molar-refractivity contribution in [3.8, 4) is 34.3 Å². The van der Waals surface area contributed by atoms with Crippen LogP contribution in [0.15, 0.2) is 68.4 Å². The van der Waals surface area contributed by atoms with Gasteiger partial charge in [-0.1, -0.05) is 28.9 Å². The molecular weight excluding hydrogens is 456 g/mol. The van der Waals surface area contributed by atoms with Gasteiger partial charge in [-0.25, -0.2) is 0 Å². The minimum absolute atomic E-state index is 0.00938. The SMILES string of the molecule is CC(C)=CCC/C(C)=C\Cc1c(O)cc(O)c2c(=O)c3c(oc12)-c1ccc(O)cc1OC3C=C(C)C. The van der Waals surface area contributed by atoms with E-state index in [0.717, 1.165) is 24.0 Å². The fourth-order valence-electron chi connectivity index (χ4n) is 4.43. The molecular formula is C30H32O6. The number of hydrogen-bond acceptors (Lipinski definition) is 6. The molecule has 0 saturated carbocycles. The molecule has 188 valence electrons. The predicted molar refractivity (Wildman–Crippen MR) is 142 cm³/mol. The Kier molecular flexibility index (Phi) is 6.97. The summed E-state index contributed by atoms with van der Waals surface area (Å²) in [5.74, 6) is 0.219. The van der Waals surface area contributed by atoms with Gasteiger partial charge in [-0.2, -0.15) is 0 Å². The molecule has 0 bridgehead atoms. The normalized spacial score (nSPS) is 14.6. The number of ether oxygens (including phenoxy) is 1. The zero-order valence-corrected chi connectivity index (χ0v) is 21.3. The Balaban J connectivity index is 1.93. The summed E-state index contributed by atoms with van der Waals surface area (Å²) in [5.41, 5.74) is 4.27. The van der Waals surface area contributed by atoms with Crippen LogP contribution in [0.5, 0.6) is 23.0 Å². The van der Waals surface area contributed by atoms with Gasteiger partial charge in [0.2, 0.25) is 5.43 Å². The summed E-state index contributed by atoms with van der Waals surface area (Å²) in [7, 11) is 0. The van der Waals surface area contributed by atoms with Gasteiger partial charge >= 0.3 is 0 Å². The van der Waals surface area contributed by atoms with Crippen LogP contribution in [0.3, 0.4) is 0 Å². The van der Waals surface area contributed by atoms with E-state index in [9.17, 15) is 20.1 Å². The molecule has 0 fully saturated rings. The highest BCUT2D eigenvalue weighted by molar-refractivity contribution is 5.91. The summed E-state index contributed by atoms with van der Waals surface area (Å²) in [6.07, 6.45) is 7.35. The van der Waals surface area contributed by atoms with Crippen molar-refractivity contribution in [2.24, 2.45) is 0 Å².